The molecule has 0 amide bonds. The zero-order valence-electron chi connectivity index (χ0n) is 9.20. The highest BCUT2D eigenvalue weighted by Crippen LogP contribution is 2.36. The molecular formula is C12H15Cl3. The van der Waals surface area contributed by atoms with E-state index < -0.39 is 0 Å². The van der Waals surface area contributed by atoms with Gasteiger partial charge >= 0.3 is 0 Å². The lowest BCUT2D eigenvalue weighted by Gasteiger charge is -2.14. The van der Waals surface area contributed by atoms with Gasteiger partial charge in [0, 0.05) is 5.02 Å². The summed E-state index contributed by atoms with van der Waals surface area (Å²) in [5, 5.41) is 1.99. The molecule has 1 aromatic carbocycles. The summed E-state index contributed by atoms with van der Waals surface area (Å²) in [5.74, 6) is 0.517. The van der Waals surface area contributed by atoms with Gasteiger partial charge < -0.3 is 0 Å². The number of aryl methyl sites for hydroxylation is 1. The van der Waals surface area contributed by atoms with E-state index in [-0.39, 0.29) is 0 Å². The van der Waals surface area contributed by atoms with Gasteiger partial charge in [-0.05, 0) is 36.0 Å². The molecule has 0 aromatic heterocycles. The summed E-state index contributed by atoms with van der Waals surface area (Å²) >= 11 is 18.5. The Bertz CT molecular complexity index is 356. The van der Waals surface area contributed by atoms with Crippen molar-refractivity contribution < 1.29 is 0 Å². The van der Waals surface area contributed by atoms with Crippen molar-refractivity contribution >= 4 is 34.8 Å². The van der Waals surface area contributed by atoms with Crippen LogP contribution in [0.2, 0.25) is 15.1 Å². The third-order valence-electron chi connectivity index (χ3n) is 2.32. The van der Waals surface area contributed by atoms with Crippen molar-refractivity contribution in [3.63, 3.8) is 0 Å². The molecule has 0 bridgehead atoms. The van der Waals surface area contributed by atoms with Gasteiger partial charge in [-0.1, -0.05) is 55.6 Å². The summed E-state index contributed by atoms with van der Waals surface area (Å²) < 4.78 is 0. The summed E-state index contributed by atoms with van der Waals surface area (Å²) in [5.41, 5.74) is 2.06. The first-order valence-electron chi connectivity index (χ1n) is 5.12. The Balaban J connectivity index is 3.27. The SMILES string of the molecule is CCc1cc(Cl)c(Cl)c(CC(C)C)c1Cl. The first-order valence-corrected chi connectivity index (χ1v) is 6.26. The molecule has 0 nitrogen and oxygen atoms in total. The van der Waals surface area contributed by atoms with Gasteiger partial charge in [-0.25, -0.2) is 0 Å². The number of rotatable bonds is 3. The second kappa shape index (κ2) is 5.43. The van der Waals surface area contributed by atoms with E-state index in [1.807, 2.05) is 6.07 Å². The Labute approximate surface area is 107 Å². The van der Waals surface area contributed by atoms with Crippen LogP contribution in [0.15, 0.2) is 6.07 Å². The molecule has 0 saturated heterocycles. The summed E-state index contributed by atoms with van der Waals surface area (Å²) in [7, 11) is 0. The third-order valence-corrected chi connectivity index (χ3v) is 3.61. The van der Waals surface area contributed by atoms with Gasteiger partial charge in [0.1, 0.15) is 0 Å². The average Bonchev–Trinajstić information content (AvgIpc) is 2.18. The molecule has 0 saturated carbocycles. The van der Waals surface area contributed by atoms with Gasteiger partial charge in [0.25, 0.3) is 0 Å². The average molecular weight is 266 g/mol. The van der Waals surface area contributed by atoms with Crippen molar-refractivity contribution in [3.8, 4) is 0 Å². The Morgan fingerprint density at radius 2 is 1.73 bits per heavy atom. The van der Waals surface area contributed by atoms with Crippen molar-refractivity contribution in [1.29, 1.82) is 0 Å². The number of benzene rings is 1. The van der Waals surface area contributed by atoms with Gasteiger partial charge in [-0.2, -0.15) is 0 Å². The van der Waals surface area contributed by atoms with Crippen LogP contribution in [-0.4, -0.2) is 0 Å². The quantitative estimate of drug-likeness (QED) is 0.641. The highest BCUT2D eigenvalue weighted by atomic mass is 35.5. The van der Waals surface area contributed by atoms with Gasteiger partial charge in [-0.15, -0.1) is 0 Å². The van der Waals surface area contributed by atoms with Crippen LogP contribution in [0.25, 0.3) is 0 Å². The molecule has 1 rings (SSSR count). The standard InChI is InChI=1S/C12H15Cl3/c1-4-8-6-10(13)12(15)9(11(8)14)5-7(2)3/h6-7H,4-5H2,1-3H3. The van der Waals surface area contributed by atoms with E-state index in [0.717, 1.165) is 29.0 Å². The zero-order valence-corrected chi connectivity index (χ0v) is 11.5. The molecule has 0 aliphatic heterocycles. The van der Waals surface area contributed by atoms with Crippen LogP contribution in [0.4, 0.5) is 0 Å². The Kier molecular flexibility index (Phi) is 4.76. The maximum atomic E-state index is 6.29. The largest absolute Gasteiger partial charge is 0.0837 e. The summed E-state index contributed by atoms with van der Waals surface area (Å²) in [4.78, 5) is 0. The van der Waals surface area contributed by atoms with Crippen molar-refractivity contribution in [3.05, 3.63) is 32.3 Å². The number of halogens is 3. The van der Waals surface area contributed by atoms with Gasteiger partial charge in [-0.3, -0.25) is 0 Å². The van der Waals surface area contributed by atoms with Crippen LogP contribution in [-0.2, 0) is 12.8 Å². The molecule has 0 atom stereocenters. The molecule has 0 radical (unpaired) electrons. The minimum Gasteiger partial charge on any atom is -0.0837 e. The minimum atomic E-state index is 0.517. The molecule has 0 spiro atoms. The summed E-state index contributed by atoms with van der Waals surface area (Å²) in [6.07, 6.45) is 1.74. The minimum absolute atomic E-state index is 0.517. The second-order valence-corrected chi connectivity index (χ2v) is 5.24. The van der Waals surface area contributed by atoms with Crippen molar-refractivity contribution in [1.82, 2.24) is 0 Å². The van der Waals surface area contributed by atoms with Gasteiger partial charge in [0.2, 0.25) is 0 Å². The molecular weight excluding hydrogens is 250 g/mol. The van der Waals surface area contributed by atoms with Crippen LogP contribution in [0.1, 0.15) is 31.9 Å². The molecule has 15 heavy (non-hydrogen) atoms. The molecule has 0 unspecified atom stereocenters. The summed E-state index contributed by atoms with van der Waals surface area (Å²) in [6.45, 7) is 6.34. The smallest absolute Gasteiger partial charge is 0.0639 e. The van der Waals surface area contributed by atoms with Crippen LogP contribution in [0.3, 0.4) is 0 Å². The molecule has 0 heterocycles. The fourth-order valence-electron chi connectivity index (χ4n) is 1.56. The fraction of sp³-hybridized carbons (Fsp3) is 0.500. The number of hydrogen-bond acceptors (Lipinski definition) is 0. The normalized spacial score (nSPS) is 11.1. The highest BCUT2D eigenvalue weighted by Gasteiger charge is 2.14. The van der Waals surface area contributed by atoms with E-state index in [1.54, 1.807) is 0 Å². The predicted octanol–water partition coefficient (Wildman–Crippen LogP) is 5.41. The number of hydrogen-bond donors (Lipinski definition) is 0. The molecule has 1 aromatic rings. The Morgan fingerprint density at radius 3 is 2.20 bits per heavy atom. The van der Waals surface area contributed by atoms with Gasteiger partial charge in [0.05, 0.1) is 10.0 Å². The lowest BCUT2D eigenvalue weighted by atomic mass is 10.00. The molecule has 0 aliphatic rings. The molecule has 0 aliphatic carbocycles. The Hall–Kier alpha value is 0.0900. The lowest BCUT2D eigenvalue weighted by Crippen LogP contribution is -1.99. The lowest BCUT2D eigenvalue weighted by molar-refractivity contribution is 0.647. The van der Waals surface area contributed by atoms with Crippen LogP contribution in [0.5, 0.6) is 0 Å². The first kappa shape index (κ1) is 13.2. The highest BCUT2D eigenvalue weighted by molar-refractivity contribution is 6.44. The second-order valence-electron chi connectivity index (χ2n) is 4.08. The first-order chi connectivity index (χ1) is 6.97. The maximum absolute atomic E-state index is 6.29. The summed E-state index contributed by atoms with van der Waals surface area (Å²) in [6, 6.07) is 1.86. The molecule has 84 valence electrons. The Morgan fingerprint density at radius 1 is 1.13 bits per heavy atom. The van der Waals surface area contributed by atoms with Crippen LogP contribution < -0.4 is 0 Å². The van der Waals surface area contributed by atoms with Crippen molar-refractivity contribution in [2.24, 2.45) is 5.92 Å². The van der Waals surface area contributed by atoms with Crippen molar-refractivity contribution in [2.75, 3.05) is 0 Å². The monoisotopic (exact) mass is 264 g/mol. The van der Waals surface area contributed by atoms with E-state index >= 15 is 0 Å². The van der Waals surface area contributed by atoms with E-state index in [9.17, 15) is 0 Å². The van der Waals surface area contributed by atoms with E-state index in [1.165, 1.54) is 0 Å². The van der Waals surface area contributed by atoms with Crippen LogP contribution >= 0.6 is 34.8 Å². The van der Waals surface area contributed by atoms with Crippen LogP contribution in [0, 0.1) is 5.92 Å². The van der Waals surface area contributed by atoms with Crippen molar-refractivity contribution in [2.45, 2.75) is 33.6 Å². The zero-order chi connectivity index (χ0) is 11.6. The topological polar surface area (TPSA) is 0 Å². The van der Waals surface area contributed by atoms with E-state index in [2.05, 4.69) is 20.8 Å². The predicted molar refractivity (Wildman–Crippen MR) is 69.4 cm³/mol. The van der Waals surface area contributed by atoms with Gasteiger partial charge in [0.15, 0.2) is 0 Å². The fourth-order valence-corrected chi connectivity index (χ4v) is 2.44. The van der Waals surface area contributed by atoms with E-state index in [4.69, 9.17) is 34.8 Å². The molecule has 0 fully saturated rings. The molecule has 0 N–H and O–H groups in total. The molecule has 3 heteroatoms. The maximum Gasteiger partial charge on any atom is 0.0639 e. The third kappa shape index (κ3) is 3.03. The van der Waals surface area contributed by atoms with E-state index in [0.29, 0.717) is 16.0 Å².